The van der Waals surface area contributed by atoms with Crippen LogP contribution in [0.5, 0.6) is 0 Å². The molecule has 0 saturated carbocycles. The molecular weight excluding hydrogens is 464 g/mol. The van der Waals surface area contributed by atoms with E-state index in [2.05, 4.69) is 15.5 Å². The van der Waals surface area contributed by atoms with Gasteiger partial charge in [0.25, 0.3) is 5.56 Å². The molecule has 1 aromatic carbocycles. The summed E-state index contributed by atoms with van der Waals surface area (Å²) in [6.07, 6.45) is 0.593. The minimum absolute atomic E-state index is 0.0966. The van der Waals surface area contributed by atoms with Gasteiger partial charge in [0, 0.05) is 12.6 Å². The second kappa shape index (κ2) is 10.2. The SMILES string of the molecule is Cc1ncsc1-c1ccc([C@H](C)NC(=O)[C@@H]2C[C@@H](C)CN2C(=O)C(c2cc(=O)[nH]o2)C(C)C)cc1. The summed E-state index contributed by atoms with van der Waals surface area (Å²) in [4.78, 5) is 45.6. The Morgan fingerprint density at radius 3 is 2.51 bits per heavy atom. The largest absolute Gasteiger partial charge is 0.383 e. The Balaban J connectivity index is 1.48. The Morgan fingerprint density at radius 1 is 1.23 bits per heavy atom. The fraction of sp³-hybridized carbons (Fsp3) is 0.462. The Bertz CT molecular complexity index is 1240. The number of aryl methyl sites for hydroxylation is 1. The Kier molecular flexibility index (Phi) is 7.25. The molecular formula is C26H32N4O4S. The highest BCUT2D eigenvalue weighted by molar-refractivity contribution is 7.13. The van der Waals surface area contributed by atoms with Crippen LogP contribution < -0.4 is 10.9 Å². The van der Waals surface area contributed by atoms with Crippen LogP contribution in [-0.4, -0.2) is 39.4 Å². The lowest BCUT2D eigenvalue weighted by atomic mass is 9.91. The summed E-state index contributed by atoms with van der Waals surface area (Å²) < 4.78 is 5.27. The highest BCUT2D eigenvalue weighted by atomic mass is 32.1. The second-order valence-electron chi connectivity index (χ2n) is 9.80. The predicted octanol–water partition coefficient (Wildman–Crippen LogP) is 4.25. The predicted molar refractivity (Wildman–Crippen MR) is 135 cm³/mol. The number of rotatable bonds is 7. The van der Waals surface area contributed by atoms with E-state index in [1.807, 2.05) is 64.4 Å². The summed E-state index contributed by atoms with van der Waals surface area (Å²) in [5.74, 6) is -0.591. The van der Waals surface area contributed by atoms with Crippen molar-refractivity contribution in [3.8, 4) is 10.4 Å². The van der Waals surface area contributed by atoms with E-state index >= 15 is 0 Å². The lowest BCUT2D eigenvalue weighted by molar-refractivity contribution is -0.141. The van der Waals surface area contributed by atoms with Gasteiger partial charge in [-0.25, -0.2) is 4.98 Å². The molecule has 9 heteroatoms. The number of likely N-dealkylation sites (tertiary alicyclic amines) is 1. The van der Waals surface area contributed by atoms with Gasteiger partial charge in [-0.15, -0.1) is 11.3 Å². The number of hydrogen-bond acceptors (Lipinski definition) is 6. The van der Waals surface area contributed by atoms with Gasteiger partial charge >= 0.3 is 0 Å². The normalized spacial score (nSPS) is 19.7. The number of aromatic nitrogens is 2. The van der Waals surface area contributed by atoms with Crippen molar-refractivity contribution in [3.05, 3.63) is 63.2 Å². The lowest BCUT2D eigenvalue weighted by Gasteiger charge is -2.29. The van der Waals surface area contributed by atoms with Crippen molar-refractivity contribution in [3.63, 3.8) is 0 Å². The van der Waals surface area contributed by atoms with E-state index < -0.39 is 12.0 Å². The Labute approximate surface area is 208 Å². The van der Waals surface area contributed by atoms with Gasteiger partial charge in [0.1, 0.15) is 12.0 Å². The van der Waals surface area contributed by atoms with Crippen LogP contribution in [0.25, 0.3) is 10.4 Å². The maximum atomic E-state index is 13.6. The number of aromatic amines is 1. The molecule has 1 aliphatic rings. The number of benzene rings is 1. The highest BCUT2D eigenvalue weighted by Crippen LogP contribution is 2.32. The van der Waals surface area contributed by atoms with E-state index in [0.29, 0.717) is 18.7 Å². The van der Waals surface area contributed by atoms with E-state index in [4.69, 9.17) is 4.52 Å². The standard InChI is InChI=1S/C26H32N4O4S/c1-14(2)23(21-11-22(31)29-34-21)26(33)30-12-15(3)10-20(30)25(32)28-16(4)18-6-8-19(9-7-18)24-17(5)27-13-35-24/h6-9,11,13-16,20,23H,10,12H2,1-5H3,(H,28,32)(H,29,31)/t15-,16+,20+,23?/m1/s1. The molecule has 0 spiro atoms. The van der Waals surface area contributed by atoms with Gasteiger partial charge in [-0.3, -0.25) is 14.4 Å². The molecule has 8 nitrogen and oxygen atoms in total. The summed E-state index contributed by atoms with van der Waals surface area (Å²) >= 11 is 1.61. The smallest absolute Gasteiger partial charge is 0.280 e. The van der Waals surface area contributed by atoms with Crippen molar-refractivity contribution in [2.75, 3.05) is 6.54 Å². The van der Waals surface area contributed by atoms with Crippen molar-refractivity contribution in [1.82, 2.24) is 20.4 Å². The summed E-state index contributed by atoms with van der Waals surface area (Å²) in [5.41, 5.74) is 4.55. The number of carbonyl (C=O) groups excluding carboxylic acids is 2. The van der Waals surface area contributed by atoms with Gasteiger partial charge in [-0.1, -0.05) is 45.0 Å². The first-order valence-corrected chi connectivity index (χ1v) is 12.8. The van der Waals surface area contributed by atoms with E-state index in [0.717, 1.165) is 21.7 Å². The molecule has 2 aromatic heterocycles. The van der Waals surface area contributed by atoms with Gasteiger partial charge in [0.2, 0.25) is 11.8 Å². The van der Waals surface area contributed by atoms with E-state index in [1.54, 1.807) is 16.2 Å². The first-order valence-electron chi connectivity index (χ1n) is 11.9. The molecule has 0 aliphatic carbocycles. The van der Waals surface area contributed by atoms with Crippen molar-refractivity contribution in [2.45, 2.75) is 59.0 Å². The number of hydrogen-bond donors (Lipinski definition) is 2. The minimum Gasteiger partial charge on any atom is -0.383 e. The number of amides is 2. The van der Waals surface area contributed by atoms with Crippen molar-refractivity contribution < 1.29 is 14.1 Å². The molecule has 4 rings (SSSR count). The van der Waals surface area contributed by atoms with Crippen LogP contribution in [0.4, 0.5) is 0 Å². The lowest BCUT2D eigenvalue weighted by Crippen LogP contribution is -2.48. The van der Waals surface area contributed by atoms with Gasteiger partial charge in [0.05, 0.1) is 22.1 Å². The average Bonchev–Trinajstić information content (AvgIpc) is 3.53. The third kappa shape index (κ3) is 5.24. The highest BCUT2D eigenvalue weighted by Gasteiger charge is 2.42. The minimum atomic E-state index is -0.630. The Morgan fingerprint density at radius 2 is 1.94 bits per heavy atom. The van der Waals surface area contributed by atoms with E-state index in [9.17, 15) is 14.4 Å². The molecule has 2 amide bonds. The molecule has 0 bridgehead atoms. The topological polar surface area (TPSA) is 108 Å². The van der Waals surface area contributed by atoms with E-state index in [1.165, 1.54) is 6.07 Å². The van der Waals surface area contributed by atoms with Crippen molar-refractivity contribution in [2.24, 2.45) is 11.8 Å². The number of H-pyrrole nitrogens is 1. The molecule has 186 valence electrons. The fourth-order valence-corrected chi connectivity index (χ4v) is 5.61. The van der Waals surface area contributed by atoms with Crippen LogP contribution in [0, 0.1) is 18.8 Å². The molecule has 3 aromatic rings. The van der Waals surface area contributed by atoms with Crippen molar-refractivity contribution in [1.29, 1.82) is 0 Å². The molecule has 4 atom stereocenters. The zero-order chi connectivity index (χ0) is 25.3. The van der Waals surface area contributed by atoms with Crippen LogP contribution in [-0.2, 0) is 9.59 Å². The van der Waals surface area contributed by atoms with Crippen LogP contribution >= 0.6 is 11.3 Å². The monoisotopic (exact) mass is 496 g/mol. The molecule has 1 saturated heterocycles. The average molecular weight is 497 g/mol. The fourth-order valence-electron chi connectivity index (χ4n) is 4.80. The van der Waals surface area contributed by atoms with Gasteiger partial charge in [-0.05, 0) is 43.2 Å². The summed E-state index contributed by atoms with van der Waals surface area (Å²) in [6.45, 7) is 10.3. The maximum absolute atomic E-state index is 13.6. The second-order valence-corrected chi connectivity index (χ2v) is 10.7. The zero-order valence-electron chi connectivity index (χ0n) is 20.7. The number of thiazole rings is 1. The molecule has 1 fully saturated rings. The molecule has 1 aliphatic heterocycles. The quantitative estimate of drug-likeness (QED) is 0.508. The van der Waals surface area contributed by atoms with Crippen molar-refractivity contribution >= 4 is 23.2 Å². The summed E-state index contributed by atoms with van der Waals surface area (Å²) in [6, 6.07) is 8.66. The summed E-state index contributed by atoms with van der Waals surface area (Å²) in [5, 5.41) is 5.37. The zero-order valence-corrected chi connectivity index (χ0v) is 21.5. The molecule has 0 radical (unpaired) electrons. The summed E-state index contributed by atoms with van der Waals surface area (Å²) in [7, 11) is 0. The third-order valence-electron chi connectivity index (χ3n) is 6.66. The molecule has 2 N–H and O–H groups in total. The number of nitrogens with zero attached hydrogens (tertiary/aromatic N) is 2. The first kappa shape index (κ1) is 24.9. The van der Waals surface area contributed by atoms with Gasteiger partial charge < -0.3 is 14.7 Å². The van der Waals surface area contributed by atoms with Gasteiger partial charge in [-0.2, -0.15) is 5.16 Å². The number of carbonyl (C=O) groups is 2. The van der Waals surface area contributed by atoms with Crippen LogP contribution in [0.3, 0.4) is 0 Å². The van der Waals surface area contributed by atoms with E-state index in [-0.39, 0.29) is 35.3 Å². The first-order chi connectivity index (χ1) is 16.7. The third-order valence-corrected chi connectivity index (χ3v) is 7.63. The molecule has 3 heterocycles. The Hall–Kier alpha value is -3.20. The molecule has 1 unspecified atom stereocenters. The maximum Gasteiger partial charge on any atom is 0.280 e. The van der Waals surface area contributed by atoms with Crippen LogP contribution in [0.15, 0.2) is 45.2 Å². The number of nitrogens with one attached hydrogen (secondary N) is 2. The molecule has 35 heavy (non-hydrogen) atoms. The van der Waals surface area contributed by atoms with Gasteiger partial charge in [0.15, 0.2) is 5.76 Å². The van der Waals surface area contributed by atoms with Crippen LogP contribution in [0.1, 0.15) is 63.1 Å². The van der Waals surface area contributed by atoms with Crippen LogP contribution in [0.2, 0.25) is 0 Å².